The van der Waals surface area contributed by atoms with Crippen LogP contribution in [0.3, 0.4) is 0 Å². The third-order valence-electron chi connectivity index (χ3n) is 3.58. The smallest absolute Gasteiger partial charge is 0.315 e. The molecule has 2 amide bonds. The maximum atomic E-state index is 12.2. The minimum Gasteiger partial charge on any atom is -0.497 e. The minimum absolute atomic E-state index is 0.288. The van der Waals surface area contributed by atoms with E-state index in [1.807, 2.05) is 12.1 Å². The van der Waals surface area contributed by atoms with Crippen molar-refractivity contribution in [3.05, 3.63) is 29.8 Å². The topological polar surface area (TPSA) is 76.7 Å². The third kappa shape index (κ3) is 3.26. The van der Waals surface area contributed by atoms with Gasteiger partial charge in [0.25, 0.3) is 0 Å². The highest BCUT2D eigenvalue weighted by Gasteiger charge is 2.40. The third-order valence-corrected chi connectivity index (χ3v) is 3.58. The van der Waals surface area contributed by atoms with Crippen LogP contribution >= 0.6 is 0 Å². The summed E-state index contributed by atoms with van der Waals surface area (Å²) in [5, 5.41) is 5.51. The number of rotatable bonds is 4. The summed E-state index contributed by atoms with van der Waals surface area (Å²) in [5.74, 6) is -0.0749. The van der Waals surface area contributed by atoms with Crippen LogP contribution in [0.25, 0.3) is 0 Å². The zero-order valence-corrected chi connectivity index (χ0v) is 12.4. The number of esters is 1. The average molecular weight is 292 g/mol. The summed E-state index contributed by atoms with van der Waals surface area (Å²) in [7, 11) is 1.59. The molecule has 1 aliphatic rings. The van der Waals surface area contributed by atoms with Crippen LogP contribution < -0.4 is 15.4 Å². The highest BCUT2D eigenvalue weighted by molar-refractivity contribution is 5.82. The van der Waals surface area contributed by atoms with Gasteiger partial charge in [-0.3, -0.25) is 4.79 Å². The van der Waals surface area contributed by atoms with Crippen molar-refractivity contribution in [1.29, 1.82) is 0 Å². The first-order valence-corrected chi connectivity index (χ1v) is 6.94. The van der Waals surface area contributed by atoms with Gasteiger partial charge in [0, 0.05) is 6.04 Å². The maximum Gasteiger partial charge on any atom is 0.315 e. The van der Waals surface area contributed by atoms with Crippen LogP contribution in [-0.4, -0.2) is 31.8 Å². The van der Waals surface area contributed by atoms with Crippen LogP contribution in [0.15, 0.2) is 24.3 Å². The Morgan fingerprint density at radius 2 is 1.90 bits per heavy atom. The fourth-order valence-corrected chi connectivity index (χ4v) is 2.54. The molecule has 6 heteroatoms. The standard InChI is InChI=1S/C15H20N2O4/c1-4-21-14(18)12-9(2)16-15(19)17-13(12)10-5-7-11(20-3)8-6-10/h5-9,12-13H,4H2,1-3H3,(H2,16,17,19)/t9-,12+,13-/m1/s1. The first-order valence-electron chi connectivity index (χ1n) is 6.94. The van der Waals surface area contributed by atoms with Crippen LogP contribution in [0.5, 0.6) is 5.75 Å². The van der Waals surface area contributed by atoms with E-state index >= 15 is 0 Å². The van der Waals surface area contributed by atoms with Gasteiger partial charge in [-0.2, -0.15) is 0 Å². The van der Waals surface area contributed by atoms with Crippen molar-refractivity contribution in [1.82, 2.24) is 10.6 Å². The fourth-order valence-electron chi connectivity index (χ4n) is 2.54. The van der Waals surface area contributed by atoms with Gasteiger partial charge in [-0.15, -0.1) is 0 Å². The first kappa shape index (κ1) is 15.2. The zero-order valence-electron chi connectivity index (χ0n) is 12.4. The summed E-state index contributed by atoms with van der Waals surface area (Å²) >= 11 is 0. The summed E-state index contributed by atoms with van der Waals surface area (Å²) in [6.07, 6.45) is 0. The van der Waals surface area contributed by atoms with E-state index in [0.29, 0.717) is 6.61 Å². The fraction of sp³-hybridized carbons (Fsp3) is 0.467. The molecular weight excluding hydrogens is 272 g/mol. The van der Waals surface area contributed by atoms with Crippen LogP contribution in [0.2, 0.25) is 0 Å². The SMILES string of the molecule is CCOC(=O)[C@@H]1[C@@H](c2ccc(OC)cc2)NC(=O)N[C@@H]1C. The zero-order chi connectivity index (χ0) is 15.4. The molecule has 1 saturated heterocycles. The highest BCUT2D eigenvalue weighted by Crippen LogP contribution is 2.30. The van der Waals surface area contributed by atoms with Crippen molar-refractivity contribution in [3.63, 3.8) is 0 Å². The molecule has 6 nitrogen and oxygen atoms in total. The highest BCUT2D eigenvalue weighted by atomic mass is 16.5. The quantitative estimate of drug-likeness (QED) is 0.827. The molecule has 1 aromatic rings. The predicted octanol–water partition coefficient (Wildman–Crippen LogP) is 1.62. The average Bonchev–Trinajstić information content (AvgIpc) is 2.46. The second kappa shape index (κ2) is 6.47. The second-order valence-electron chi connectivity index (χ2n) is 4.94. The van der Waals surface area contributed by atoms with Gasteiger partial charge >= 0.3 is 12.0 Å². The molecule has 0 spiro atoms. The Labute approximate surface area is 123 Å². The Morgan fingerprint density at radius 3 is 2.48 bits per heavy atom. The van der Waals surface area contributed by atoms with Crippen molar-refractivity contribution < 1.29 is 19.1 Å². The summed E-state index contributed by atoms with van der Waals surface area (Å²) < 4.78 is 10.2. The lowest BCUT2D eigenvalue weighted by atomic mass is 9.86. The van der Waals surface area contributed by atoms with Crippen molar-refractivity contribution in [2.45, 2.75) is 25.9 Å². The molecule has 1 aromatic carbocycles. The normalized spacial score (nSPS) is 24.7. The molecule has 114 valence electrons. The lowest BCUT2D eigenvalue weighted by Gasteiger charge is -2.36. The Kier molecular flexibility index (Phi) is 4.67. The van der Waals surface area contributed by atoms with E-state index in [2.05, 4.69) is 10.6 Å². The van der Waals surface area contributed by atoms with Gasteiger partial charge in [0.15, 0.2) is 0 Å². The molecule has 21 heavy (non-hydrogen) atoms. The van der Waals surface area contributed by atoms with E-state index in [9.17, 15) is 9.59 Å². The van der Waals surface area contributed by atoms with E-state index in [0.717, 1.165) is 11.3 Å². The lowest BCUT2D eigenvalue weighted by molar-refractivity contribution is -0.150. The van der Waals surface area contributed by atoms with Crippen molar-refractivity contribution in [3.8, 4) is 5.75 Å². The molecule has 0 saturated carbocycles. The van der Waals surface area contributed by atoms with Crippen molar-refractivity contribution >= 4 is 12.0 Å². The maximum absolute atomic E-state index is 12.2. The van der Waals surface area contributed by atoms with Gasteiger partial charge in [-0.25, -0.2) is 4.79 Å². The lowest BCUT2D eigenvalue weighted by Crippen LogP contribution is -2.57. The van der Waals surface area contributed by atoms with E-state index < -0.39 is 12.0 Å². The Hall–Kier alpha value is -2.24. The number of methoxy groups -OCH3 is 1. The first-order chi connectivity index (χ1) is 10.1. The number of hydrogen-bond donors (Lipinski definition) is 2. The van der Waals surface area contributed by atoms with E-state index in [-0.39, 0.29) is 18.0 Å². The number of amides is 2. The number of carbonyl (C=O) groups is 2. The molecule has 2 rings (SSSR count). The Bertz CT molecular complexity index is 515. The van der Waals surface area contributed by atoms with Gasteiger partial charge in [-0.1, -0.05) is 12.1 Å². The van der Waals surface area contributed by atoms with Crippen molar-refractivity contribution in [2.24, 2.45) is 5.92 Å². The molecule has 2 N–H and O–H groups in total. The molecular formula is C15H20N2O4. The number of benzene rings is 1. The number of nitrogens with one attached hydrogen (secondary N) is 2. The molecule has 3 atom stereocenters. The van der Waals surface area contributed by atoms with E-state index in [4.69, 9.17) is 9.47 Å². The summed E-state index contributed by atoms with van der Waals surface area (Å²) in [5.41, 5.74) is 0.843. The number of ether oxygens (including phenoxy) is 2. The van der Waals surface area contributed by atoms with Gasteiger partial charge in [-0.05, 0) is 31.5 Å². The monoisotopic (exact) mass is 292 g/mol. The second-order valence-corrected chi connectivity index (χ2v) is 4.94. The molecule has 1 fully saturated rings. The van der Waals surface area contributed by atoms with Gasteiger partial charge in [0.2, 0.25) is 0 Å². The van der Waals surface area contributed by atoms with E-state index in [1.165, 1.54) is 0 Å². The molecule has 0 radical (unpaired) electrons. The molecule has 0 aliphatic carbocycles. The number of urea groups is 1. The largest absolute Gasteiger partial charge is 0.497 e. The van der Waals surface area contributed by atoms with Crippen LogP contribution in [0.1, 0.15) is 25.5 Å². The molecule has 0 aromatic heterocycles. The predicted molar refractivity (Wildman–Crippen MR) is 77.0 cm³/mol. The molecule has 0 unspecified atom stereocenters. The summed E-state index contributed by atoms with van der Waals surface area (Å²) in [4.78, 5) is 23.9. The minimum atomic E-state index is -0.476. The van der Waals surface area contributed by atoms with Gasteiger partial charge in [0.05, 0.1) is 19.8 Å². The van der Waals surface area contributed by atoms with Crippen LogP contribution in [0, 0.1) is 5.92 Å². The number of carbonyl (C=O) groups excluding carboxylic acids is 2. The van der Waals surface area contributed by atoms with Crippen LogP contribution in [-0.2, 0) is 9.53 Å². The molecule has 1 aliphatic heterocycles. The summed E-state index contributed by atoms with van der Waals surface area (Å²) in [6.45, 7) is 3.88. The Morgan fingerprint density at radius 1 is 1.24 bits per heavy atom. The van der Waals surface area contributed by atoms with Crippen molar-refractivity contribution in [2.75, 3.05) is 13.7 Å². The van der Waals surface area contributed by atoms with Gasteiger partial charge in [0.1, 0.15) is 11.7 Å². The van der Waals surface area contributed by atoms with Crippen LogP contribution in [0.4, 0.5) is 4.79 Å². The summed E-state index contributed by atoms with van der Waals surface area (Å²) in [6, 6.07) is 6.28. The van der Waals surface area contributed by atoms with Gasteiger partial charge < -0.3 is 20.1 Å². The number of hydrogen-bond acceptors (Lipinski definition) is 4. The van der Waals surface area contributed by atoms with E-state index in [1.54, 1.807) is 33.1 Å². The molecule has 0 bridgehead atoms. The molecule has 1 heterocycles. The Balaban J connectivity index is 2.29.